The minimum absolute atomic E-state index is 0.0820. The average Bonchev–Trinajstić information content (AvgIpc) is 2.54. The van der Waals surface area contributed by atoms with E-state index in [0.29, 0.717) is 6.54 Å². The molecule has 7 heteroatoms. The highest BCUT2D eigenvalue weighted by Gasteiger charge is 2.29. The molecule has 25 heavy (non-hydrogen) atoms. The Morgan fingerprint density at radius 2 is 2.04 bits per heavy atom. The van der Waals surface area contributed by atoms with E-state index in [9.17, 15) is 9.59 Å². The van der Waals surface area contributed by atoms with Gasteiger partial charge < -0.3 is 15.4 Å². The lowest BCUT2D eigenvalue weighted by molar-refractivity contribution is -0.124. The lowest BCUT2D eigenvalue weighted by Crippen LogP contribution is -2.48. The summed E-state index contributed by atoms with van der Waals surface area (Å²) in [5.41, 5.74) is 0.824. The van der Waals surface area contributed by atoms with E-state index in [1.165, 1.54) is 11.8 Å². The van der Waals surface area contributed by atoms with Gasteiger partial charge in [0.15, 0.2) is 0 Å². The fourth-order valence-electron chi connectivity index (χ4n) is 3.29. The molecule has 0 aliphatic carbocycles. The standard InChI is InChI=1S/C18H25N3O3S/c1-12-10-21(11-13(2)24-12)8-7-19-17(22)9-16-18(23)20-14-5-3-4-6-15(14)25-16/h3-6,12-13,16H,7-11H2,1-2H3,(H,19,22)(H,20,23). The predicted octanol–water partition coefficient (Wildman–Crippen LogP) is 1.71. The zero-order chi connectivity index (χ0) is 17.8. The number of rotatable bonds is 5. The highest BCUT2D eigenvalue weighted by molar-refractivity contribution is 8.01. The number of fused-ring (bicyclic) bond motifs is 1. The third kappa shape index (κ3) is 4.96. The van der Waals surface area contributed by atoms with Gasteiger partial charge in [0.2, 0.25) is 11.8 Å². The van der Waals surface area contributed by atoms with Crippen molar-refractivity contribution in [2.45, 2.75) is 42.6 Å². The summed E-state index contributed by atoms with van der Waals surface area (Å²) in [6.45, 7) is 7.30. The number of benzene rings is 1. The average molecular weight is 363 g/mol. The zero-order valence-electron chi connectivity index (χ0n) is 14.7. The molecule has 1 fully saturated rings. The van der Waals surface area contributed by atoms with E-state index in [1.807, 2.05) is 24.3 Å². The Balaban J connectivity index is 1.43. The predicted molar refractivity (Wildman–Crippen MR) is 98.8 cm³/mol. The van der Waals surface area contributed by atoms with E-state index in [2.05, 4.69) is 29.4 Å². The Kier molecular flexibility index (Phi) is 5.98. The smallest absolute Gasteiger partial charge is 0.238 e. The molecule has 0 aromatic heterocycles. The topological polar surface area (TPSA) is 70.7 Å². The normalized spacial score (nSPS) is 26.6. The molecule has 2 aliphatic heterocycles. The van der Waals surface area contributed by atoms with Gasteiger partial charge in [-0.15, -0.1) is 11.8 Å². The third-order valence-corrected chi connectivity index (χ3v) is 5.60. The lowest BCUT2D eigenvalue weighted by atomic mass is 10.2. The molecule has 1 aromatic carbocycles. The van der Waals surface area contributed by atoms with Crippen LogP contribution >= 0.6 is 11.8 Å². The fourth-order valence-corrected chi connectivity index (χ4v) is 4.40. The zero-order valence-corrected chi connectivity index (χ0v) is 15.5. The molecule has 6 nitrogen and oxygen atoms in total. The van der Waals surface area contributed by atoms with Crippen LogP contribution in [-0.4, -0.2) is 60.4 Å². The maximum atomic E-state index is 12.2. The summed E-state index contributed by atoms with van der Waals surface area (Å²) in [6, 6.07) is 7.66. The number of morpholine rings is 1. The minimum atomic E-state index is -0.377. The van der Waals surface area contributed by atoms with Crippen molar-refractivity contribution in [3.8, 4) is 0 Å². The first kappa shape index (κ1) is 18.2. The molecule has 1 saturated heterocycles. The number of nitrogens with zero attached hydrogens (tertiary/aromatic N) is 1. The minimum Gasteiger partial charge on any atom is -0.373 e. The van der Waals surface area contributed by atoms with Crippen molar-refractivity contribution in [1.29, 1.82) is 0 Å². The summed E-state index contributed by atoms with van der Waals surface area (Å²) in [5.74, 6) is -0.184. The van der Waals surface area contributed by atoms with Crippen molar-refractivity contribution in [1.82, 2.24) is 10.2 Å². The van der Waals surface area contributed by atoms with Gasteiger partial charge in [0, 0.05) is 37.5 Å². The van der Waals surface area contributed by atoms with E-state index in [4.69, 9.17) is 4.74 Å². The summed E-state index contributed by atoms with van der Waals surface area (Å²) in [7, 11) is 0. The van der Waals surface area contributed by atoms with E-state index in [0.717, 1.165) is 30.2 Å². The largest absolute Gasteiger partial charge is 0.373 e. The van der Waals surface area contributed by atoms with Gasteiger partial charge in [-0.05, 0) is 26.0 Å². The van der Waals surface area contributed by atoms with E-state index in [1.54, 1.807) is 0 Å². The molecule has 0 radical (unpaired) electrons. The summed E-state index contributed by atoms with van der Waals surface area (Å²) in [6.07, 6.45) is 0.643. The number of carbonyl (C=O) groups is 2. The second kappa shape index (κ2) is 8.21. The van der Waals surface area contributed by atoms with Crippen LogP contribution in [0, 0.1) is 0 Å². The van der Waals surface area contributed by atoms with E-state index >= 15 is 0 Å². The van der Waals surface area contributed by atoms with Gasteiger partial charge in [-0.1, -0.05) is 12.1 Å². The summed E-state index contributed by atoms with van der Waals surface area (Å²) in [5, 5.41) is 5.43. The summed E-state index contributed by atoms with van der Waals surface area (Å²) < 4.78 is 5.71. The quantitative estimate of drug-likeness (QED) is 0.833. The molecule has 3 rings (SSSR count). The van der Waals surface area contributed by atoms with Crippen molar-refractivity contribution in [2.75, 3.05) is 31.5 Å². The number of thioether (sulfide) groups is 1. The van der Waals surface area contributed by atoms with E-state index in [-0.39, 0.29) is 35.7 Å². The van der Waals surface area contributed by atoms with Crippen LogP contribution in [0.4, 0.5) is 5.69 Å². The SMILES string of the molecule is CC1CN(CCNC(=O)CC2Sc3ccccc3NC2=O)CC(C)O1. The Hall–Kier alpha value is -1.57. The van der Waals surface area contributed by atoms with Gasteiger partial charge in [0.1, 0.15) is 0 Å². The monoisotopic (exact) mass is 363 g/mol. The molecule has 0 bridgehead atoms. The lowest BCUT2D eigenvalue weighted by Gasteiger charge is -2.35. The molecule has 0 saturated carbocycles. The first-order valence-electron chi connectivity index (χ1n) is 8.72. The Morgan fingerprint density at radius 1 is 1.32 bits per heavy atom. The summed E-state index contributed by atoms with van der Waals surface area (Å²) >= 11 is 1.46. The van der Waals surface area contributed by atoms with Gasteiger partial charge in [0.05, 0.1) is 23.1 Å². The van der Waals surface area contributed by atoms with Crippen LogP contribution in [0.15, 0.2) is 29.2 Å². The van der Waals surface area contributed by atoms with Crippen LogP contribution in [0.3, 0.4) is 0 Å². The van der Waals surface area contributed by atoms with Crippen LogP contribution in [0.5, 0.6) is 0 Å². The van der Waals surface area contributed by atoms with Gasteiger partial charge in [0.25, 0.3) is 0 Å². The van der Waals surface area contributed by atoms with Crippen molar-refractivity contribution >= 4 is 29.3 Å². The van der Waals surface area contributed by atoms with Crippen molar-refractivity contribution < 1.29 is 14.3 Å². The van der Waals surface area contributed by atoms with Crippen LogP contribution in [0.25, 0.3) is 0 Å². The molecule has 2 N–H and O–H groups in total. The molecule has 136 valence electrons. The first-order valence-corrected chi connectivity index (χ1v) is 9.60. The number of hydrogen-bond donors (Lipinski definition) is 2. The maximum absolute atomic E-state index is 12.2. The van der Waals surface area contributed by atoms with E-state index < -0.39 is 0 Å². The molecule has 0 spiro atoms. The number of carbonyl (C=O) groups excluding carboxylic acids is 2. The van der Waals surface area contributed by atoms with Gasteiger partial charge in [-0.3, -0.25) is 14.5 Å². The first-order chi connectivity index (χ1) is 12.0. The number of amides is 2. The number of hydrogen-bond acceptors (Lipinski definition) is 5. The van der Waals surface area contributed by atoms with Crippen molar-refractivity contribution in [2.24, 2.45) is 0 Å². The highest BCUT2D eigenvalue weighted by atomic mass is 32.2. The molecule has 2 aliphatic rings. The molecular weight excluding hydrogens is 338 g/mol. The molecular formula is C18H25N3O3S. The number of anilines is 1. The molecule has 2 heterocycles. The molecule has 3 unspecified atom stereocenters. The number of nitrogens with one attached hydrogen (secondary N) is 2. The second-order valence-corrected chi connectivity index (χ2v) is 7.91. The third-order valence-electron chi connectivity index (χ3n) is 4.32. The van der Waals surface area contributed by atoms with Crippen molar-refractivity contribution in [3.63, 3.8) is 0 Å². The Bertz CT molecular complexity index is 630. The Labute approximate surface area is 152 Å². The molecule has 3 atom stereocenters. The van der Waals surface area contributed by atoms with Crippen LogP contribution in [-0.2, 0) is 14.3 Å². The van der Waals surface area contributed by atoms with Gasteiger partial charge in [-0.25, -0.2) is 0 Å². The number of ether oxygens (including phenoxy) is 1. The van der Waals surface area contributed by atoms with Crippen LogP contribution < -0.4 is 10.6 Å². The van der Waals surface area contributed by atoms with Gasteiger partial charge in [-0.2, -0.15) is 0 Å². The fraction of sp³-hybridized carbons (Fsp3) is 0.556. The highest BCUT2D eigenvalue weighted by Crippen LogP contribution is 2.36. The van der Waals surface area contributed by atoms with Gasteiger partial charge >= 0.3 is 0 Å². The Morgan fingerprint density at radius 3 is 2.80 bits per heavy atom. The maximum Gasteiger partial charge on any atom is 0.238 e. The summed E-state index contributed by atoms with van der Waals surface area (Å²) in [4.78, 5) is 27.7. The van der Waals surface area contributed by atoms with Crippen LogP contribution in [0.1, 0.15) is 20.3 Å². The number of para-hydroxylation sites is 1. The molecule has 2 amide bonds. The second-order valence-electron chi connectivity index (χ2n) is 6.66. The van der Waals surface area contributed by atoms with Crippen molar-refractivity contribution in [3.05, 3.63) is 24.3 Å². The van der Waals surface area contributed by atoms with Crippen LogP contribution in [0.2, 0.25) is 0 Å². The molecule has 1 aromatic rings.